The van der Waals surface area contributed by atoms with Crippen LogP contribution in [-0.2, 0) is 0 Å². The van der Waals surface area contributed by atoms with Gasteiger partial charge in [-0.1, -0.05) is 29.8 Å². The van der Waals surface area contributed by atoms with E-state index < -0.39 is 0 Å². The molecule has 2 N–H and O–H groups in total. The number of likely N-dealkylation sites (tertiary alicyclic amines) is 1. The van der Waals surface area contributed by atoms with Crippen molar-refractivity contribution >= 4 is 17.6 Å². The van der Waals surface area contributed by atoms with Gasteiger partial charge in [-0.2, -0.15) is 0 Å². The van der Waals surface area contributed by atoms with E-state index in [1.165, 1.54) is 11.1 Å². The molecule has 1 aliphatic rings. The molecule has 3 amide bonds. The highest BCUT2D eigenvalue weighted by molar-refractivity contribution is 5.97. The predicted octanol–water partition coefficient (Wildman–Crippen LogP) is 3.77. The molecular weight excluding hydrogens is 354 g/mol. The zero-order valence-electron chi connectivity index (χ0n) is 16.6. The maximum atomic E-state index is 12.9. The van der Waals surface area contributed by atoms with Crippen LogP contribution in [0.25, 0.3) is 0 Å². The monoisotopic (exact) mass is 381 g/mol. The van der Waals surface area contributed by atoms with Gasteiger partial charge >= 0.3 is 6.03 Å². The van der Waals surface area contributed by atoms with Gasteiger partial charge in [0.2, 0.25) is 0 Å². The predicted molar refractivity (Wildman–Crippen MR) is 110 cm³/mol. The van der Waals surface area contributed by atoms with Gasteiger partial charge in [0.1, 0.15) is 5.75 Å². The molecular formula is C22H27N3O3. The highest BCUT2D eigenvalue weighted by Crippen LogP contribution is 2.29. The van der Waals surface area contributed by atoms with Gasteiger partial charge in [-0.25, -0.2) is 4.79 Å². The summed E-state index contributed by atoms with van der Waals surface area (Å²) in [6.07, 6.45) is 2.03. The SMILES string of the molecule is CNC(=O)c1ccc(OC)c(NC(=O)N2CCC[C@H](c3cccc(C)c3)C2)c1. The maximum Gasteiger partial charge on any atom is 0.321 e. The van der Waals surface area contributed by atoms with E-state index in [1.807, 2.05) is 4.90 Å². The number of rotatable bonds is 4. The van der Waals surface area contributed by atoms with Gasteiger partial charge in [0.15, 0.2) is 0 Å². The Bertz CT molecular complexity index is 866. The molecule has 0 bridgehead atoms. The van der Waals surface area contributed by atoms with E-state index in [9.17, 15) is 9.59 Å². The minimum Gasteiger partial charge on any atom is -0.495 e. The summed E-state index contributed by atoms with van der Waals surface area (Å²) in [6, 6.07) is 13.3. The number of ether oxygens (including phenoxy) is 1. The lowest BCUT2D eigenvalue weighted by Gasteiger charge is -2.33. The second-order valence-corrected chi connectivity index (χ2v) is 7.12. The number of piperidine rings is 1. The summed E-state index contributed by atoms with van der Waals surface area (Å²) in [4.78, 5) is 26.6. The van der Waals surface area contributed by atoms with Crippen LogP contribution in [0.5, 0.6) is 5.75 Å². The molecule has 2 aromatic carbocycles. The molecule has 0 aliphatic carbocycles. The topological polar surface area (TPSA) is 70.7 Å². The van der Waals surface area contributed by atoms with E-state index in [0.29, 0.717) is 36.0 Å². The Kier molecular flexibility index (Phi) is 6.19. The molecule has 3 rings (SSSR count). The Hall–Kier alpha value is -3.02. The molecule has 148 valence electrons. The van der Waals surface area contributed by atoms with Crippen molar-refractivity contribution in [2.45, 2.75) is 25.7 Å². The zero-order valence-corrected chi connectivity index (χ0v) is 16.6. The van der Waals surface area contributed by atoms with Crippen LogP contribution < -0.4 is 15.4 Å². The lowest BCUT2D eigenvalue weighted by molar-refractivity contribution is 0.0963. The zero-order chi connectivity index (χ0) is 20.1. The fourth-order valence-corrected chi connectivity index (χ4v) is 3.64. The van der Waals surface area contributed by atoms with E-state index in [1.54, 1.807) is 32.4 Å². The molecule has 0 saturated carbocycles. The molecule has 0 radical (unpaired) electrons. The van der Waals surface area contributed by atoms with Gasteiger partial charge in [-0.05, 0) is 43.5 Å². The molecule has 6 nitrogen and oxygen atoms in total. The summed E-state index contributed by atoms with van der Waals surface area (Å²) >= 11 is 0. The maximum absolute atomic E-state index is 12.9. The van der Waals surface area contributed by atoms with Crippen molar-refractivity contribution in [3.05, 3.63) is 59.2 Å². The molecule has 1 fully saturated rings. The number of carbonyl (C=O) groups is 2. The first-order chi connectivity index (χ1) is 13.5. The summed E-state index contributed by atoms with van der Waals surface area (Å²) in [6.45, 7) is 3.47. The summed E-state index contributed by atoms with van der Waals surface area (Å²) in [5.41, 5.74) is 3.47. The number of hydrogen-bond donors (Lipinski definition) is 2. The Morgan fingerprint density at radius 1 is 1.18 bits per heavy atom. The van der Waals surface area contributed by atoms with Crippen LogP contribution in [0.1, 0.15) is 40.2 Å². The van der Waals surface area contributed by atoms with E-state index in [0.717, 1.165) is 12.8 Å². The molecule has 0 spiro atoms. The summed E-state index contributed by atoms with van der Waals surface area (Å²) in [5.74, 6) is 0.641. The third-order valence-corrected chi connectivity index (χ3v) is 5.15. The first-order valence-electron chi connectivity index (χ1n) is 9.54. The molecule has 1 atom stereocenters. The van der Waals surface area contributed by atoms with Crippen LogP contribution in [0.15, 0.2) is 42.5 Å². The summed E-state index contributed by atoms with van der Waals surface area (Å²) in [7, 11) is 3.11. The van der Waals surface area contributed by atoms with Gasteiger partial charge in [0.05, 0.1) is 12.8 Å². The number of carbonyl (C=O) groups excluding carboxylic acids is 2. The summed E-state index contributed by atoms with van der Waals surface area (Å²) < 4.78 is 5.34. The number of benzene rings is 2. The smallest absolute Gasteiger partial charge is 0.321 e. The van der Waals surface area contributed by atoms with Crippen LogP contribution >= 0.6 is 0 Å². The Labute approximate surface area is 165 Å². The van der Waals surface area contributed by atoms with Crippen LogP contribution in [0.4, 0.5) is 10.5 Å². The highest BCUT2D eigenvalue weighted by atomic mass is 16.5. The number of hydrogen-bond acceptors (Lipinski definition) is 3. The van der Waals surface area contributed by atoms with Gasteiger partial charge in [0, 0.05) is 31.6 Å². The second kappa shape index (κ2) is 8.78. The third-order valence-electron chi connectivity index (χ3n) is 5.15. The molecule has 28 heavy (non-hydrogen) atoms. The van der Waals surface area contributed by atoms with Crippen molar-refractivity contribution in [2.24, 2.45) is 0 Å². The first-order valence-corrected chi connectivity index (χ1v) is 9.54. The van der Waals surface area contributed by atoms with Crippen LogP contribution in [0.2, 0.25) is 0 Å². The number of methoxy groups -OCH3 is 1. The number of nitrogens with zero attached hydrogens (tertiary/aromatic N) is 1. The minimum absolute atomic E-state index is 0.176. The Morgan fingerprint density at radius 3 is 2.71 bits per heavy atom. The van der Waals surface area contributed by atoms with Crippen molar-refractivity contribution in [3.63, 3.8) is 0 Å². The third kappa shape index (κ3) is 4.44. The van der Waals surface area contributed by atoms with Gasteiger partial charge < -0.3 is 20.3 Å². The first kappa shape index (κ1) is 19.7. The largest absolute Gasteiger partial charge is 0.495 e. The number of aryl methyl sites for hydroxylation is 1. The molecule has 1 aliphatic heterocycles. The van der Waals surface area contributed by atoms with E-state index >= 15 is 0 Å². The van der Waals surface area contributed by atoms with Crippen molar-refractivity contribution in [1.82, 2.24) is 10.2 Å². The number of amides is 3. The Balaban J connectivity index is 1.74. The molecule has 0 aromatic heterocycles. The molecule has 1 saturated heterocycles. The van der Waals surface area contributed by atoms with Crippen molar-refractivity contribution in [2.75, 3.05) is 32.6 Å². The van der Waals surface area contributed by atoms with Gasteiger partial charge in [0.25, 0.3) is 5.91 Å². The van der Waals surface area contributed by atoms with E-state index in [-0.39, 0.29) is 11.9 Å². The fraction of sp³-hybridized carbons (Fsp3) is 0.364. The average molecular weight is 381 g/mol. The van der Waals surface area contributed by atoms with E-state index in [4.69, 9.17) is 4.74 Å². The van der Waals surface area contributed by atoms with Gasteiger partial charge in [-0.15, -0.1) is 0 Å². The lowest BCUT2D eigenvalue weighted by Crippen LogP contribution is -2.41. The molecule has 0 unspecified atom stereocenters. The summed E-state index contributed by atoms with van der Waals surface area (Å²) in [5, 5.41) is 5.50. The lowest BCUT2D eigenvalue weighted by atomic mass is 9.90. The van der Waals surface area contributed by atoms with Crippen molar-refractivity contribution < 1.29 is 14.3 Å². The number of anilines is 1. The minimum atomic E-state index is -0.212. The average Bonchev–Trinajstić information content (AvgIpc) is 2.73. The Morgan fingerprint density at radius 2 is 2.00 bits per heavy atom. The molecule has 1 heterocycles. The van der Waals surface area contributed by atoms with Crippen LogP contribution in [0, 0.1) is 6.92 Å². The van der Waals surface area contributed by atoms with Crippen molar-refractivity contribution in [3.8, 4) is 5.75 Å². The molecule has 2 aromatic rings. The number of urea groups is 1. The standard InChI is InChI=1S/C22H27N3O3/c1-15-6-4-7-16(12-15)18-8-5-11-25(14-18)22(27)24-19-13-17(21(26)23-2)9-10-20(19)28-3/h4,6-7,9-10,12-13,18H,5,8,11,14H2,1-3H3,(H,23,26)(H,24,27)/t18-/m0/s1. The van der Waals surface area contributed by atoms with E-state index in [2.05, 4.69) is 41.8 Å². The normalized spacial score (nSPS) is 16.4. The van der Waals surface area contributed by atoms with Crippen LogP contribution in [-0.4, -0.2) is 44.1 Å². The van der Waals surface area contributed by atoms with Crippen molar-refractivity contribution in [1.29, 1.82) is 0 Å². The van der Waals surface area contributed by atoms with Crippen LogP contribution in [0.3, 0.4) is 0 Å². The quantitative estimate of drug-likeness (QED) is 0.847. The fourth-order valence-electron chi connectivity index (χ4n) is 3.64. The second-order valence-electron chi connectivity index (χ2n) is 7.12. The molecule has 6 heteroatoms. The van der Waals surface area contributed by atoms with Gasteiger partial charge in [-0.3, -0.25) is 4.79 Å². The number of nitrogens with one attached hydrogen (secondary N) is 2. The highest BCUT2D eigenvalue weighted by Gasteiger charge is 2.25.